The minimum atomic E-state index is 0.371. The first-order chi connectivity index (χ1) is 6.42. The molecule has 70 valence electrons. The van der Waals surface area contributed by atoms with Gasteiger partial charge in [0, 0.05) is 6.61 Å². The maximum atomic E-state index is 5.78. The summed E-state index contributed by atoms with van der Waals surface area (Å²) in [6.45, 7) is 3.04. The van der Waals surface area contributed by atoms with E-state index in [4.69, 9.17) is 4.74 Å². The molecule has 1 nitrogen and oxygen atoms in total. The van der Waals surface area contributed by atoms with E-state index in [0.717, 1.165) is 13.0 Å². The summed E-state index contributed by atoms with van der Waals surface area (Å²) in [7, 11) is 0. The van der Waals surface area contributed by atoms with Crippen LogP contribution in [0.25, 0.3) is 0 Å². The van der Waals surface area contributed by atoms with Crippen LogP contribution in [0.3, 0.4) is 0 Å². The van der Waals surface area contributed by atoms with Gasteiger partial charge in [-0.25, -0.2) is 0 Å². The summed E-state index contributed by atoms with van der Waals surface area (Å²) in [5.74, 6) is 0. The van der Waals surface area contributed by atoms with Crippen molar-refractivity contribution in [2.24, 2.45) is 0 Å². The second-order valence-electron chi connectivity index (χ2n) is 3.60. The minimum absolute atomic E-state index is 0.371. The van der Waals surface area contributed by atoms with Crippen molar-refractivity contribution < 1.29 is 4.74 Å². The zero-order chi connectivity index (χ0) is 9.10. The number of hydrogen-bond donors (Lipinski definition) is 0. The fourth-order valence-corrected chi connectivity index (χ4v) is 1.95. The van der Waals surface area contributed by atoms with Crippen molar-refractivity contribution >= 4 is 0 Å². The standard InChI is InChI=1S/C12H16O/c1-2-9-13-12-8-7-10-5-3-4-6-11(10)12/h3-6,12H,2,7-9H2,1H3. The first kappa shape index (κ1) is 8.76. The summed E-state index contributed by atoms with van der Waals surface area (Å²) in [4.78, 5) is 0. The molecule has 1 atom stereocenters. The average Bonchev–Trinajstić information content (AvgIpc) is 2.58. The Labute approximate surface area is 79.7 Å². The van der Waals surface area contributed by atoms with Gasteiger partial charge in [-0.05, 0) is 30.4 Å². The largest absolute Gasteiger partial charge is 0.374 e. The maximum Gasteiger partial charge on any atom is 0.0830 e. The van der Waals surface area contributed by atoms with Crippen molar-refractivity contribution in [3.8, 4) is 0 Å². The van der Waals surface area contributed by atoms with E-state index >= 15 is 0 Å². The molecule has 0 heterocycles. The van der Waals surface area contributed by atoms with Gasteiger partial charge in [0.2, 0.25) is 0 Å². The maximum absolute atomic E-state index is 5.78. The van der Waals surface area contributed by atoms with Crippen LogP contribution in [0.15, 0.2) is 24.3 Å². The summed E-state index contributed by atoms with van der Waals surface area (Å²) >= 11 is 0. The Morgan fingerprint density at radius 3 is 3.08 bits per heavy atom. The van der Waals surface area contributed by atoms with Crippen LogP contribution in [0.2, 0.25) is 0 Å². The summed E-state index contributed by atoms with van der Waals surface area (Å²) in [5, 5.41) is 0. The van der Waals surface area contributed by atoms with Gasteiger partial charge in [0.25, 0.3) is 0 Å². The molecule has 1 aliphatic carbocycles. The van der Waals surface area contributed by atoms with Crippen LogP contribution in [0, 0.1) is 0 Å². The van der Waals surface area contributed by atoms with Crippen LogP contribution in [-0.2, 0) is 11.2 Å². The van der Waals surface area contributed by atoms with Crippen LogP contribution in [0.1, 0.15) is 37.0 Å². The zero-order valence-electron chi connectivity index (χ0n) is 8.12. The Bertz CT molecular complexity index is 280. The van der Waals surface area contributed by atoms with Crippen LogP contribution in [0.5, 0.6) is 0 Å². The Balaban J connectivity index is 2.09. The van der Waals surface area contributed by atoms with Crippen LogP contribution < -0.4 is 0 Å². The van der Waals surface area contributed by atoms with Gasteiger partial charge in [-0.1, -0.05) is 31.2 Å². The normalized spacial score (nSPS) is 20.2. The fourth-order valence-electron chi connectivity index (χ4n) is 1.95. The lowest BCUT2D eigenvalue weighted by molar-refractivity contribution is 0.0545. The predicted octanol–water partition coefficient (Wildman–Crippen LogP) is 3.10. The molecule has 0 aromatic heterocycles. The second-order valence-corrected chi connectivity index (χ2v) is 3.60. The highest BCUT2D eigenvalue weighted by Crippen LogP contribution is 2.33. The molecule has 1 aliphatic rings. The smallest absolute Gasteiger partial charge is 0.0830 e. The van der Waals surface area contributed by atoms with E-state index in [1.807, 2.05) is 0 Å². The lowest BCUT2D eigenvalue weighted by Crippen LogP contribution is -2.00. The zero-order valence-corrected chi connectivity index (χ0v) is 8.12. The number of hydrogen-bond acceptors (Lipinski definition) is 1. The fraction of sp³-hybridized carbons (Fsp3) is 0.500. The van der Waals surface area contributed by atoms with Crippen molar-refractivity contribution in [2.75, 3.05) is 6.61 Å². The summed E-state index contributed by atoms with van der Waals surface area (Å²) in [6, 6.07) is 8.63. The molecule has 1 aromatic carbocycles. The Morgan fingerprint density at radius 2 is 2.23 bits per heavy atom. The van der Waals surface area contributed by atoms with E-state index in [0.29, 0.717) is 6.10 Å². The highest BCUT2D eigenvalue weighted by molar-refractivity contribution is 5.33. The van der Waals surface area contributed by atoms with E-state index in [-0.39, 0.29) is 0 Å². The number of aryl methyl sites for hydroxylation is 1. The number of benzene rings is 1. The van der Waals surface area contributed by atoms with Crippen molar-refractivity contribution in [1.29, 1.82) is 0 Å². The number of ether oxygens (including phenoxy) is 1. The van der Waals surface area contributed by atoms with Gasteiger partial charge in [0.1, 0.15) is 0 Å². The first-order valence-corrected chi connectivity index (χ1v) is 5.11. The van der Waals surface area contributed by atoms with Gasteiger partial charge in [-0.3, -0.25) is 0 Å². The van der Waals surface area contributed by atoms with Gasteiger partial charge in [0.05, 0.1) is 6.10 Å². The molecular formula is C12H16O. The third-order valence-electron chi connectivity index (χ3n) is 2.60. The molecule has 0 radical (unpaired) electrons. The van der Waals surface area contributed by atoms with E-state index in [1.54, 1.807) is 0 Å². The SMILES string of the molecule is CCCOC1CCc2ccccc21. The third-order valence-corrected chi connectivity index (χ3v) is 2.60. The Hall–Kier alpha value is -0.820. The molecule has 0 spiro atoms. The molecule has 1 aromatic rings. The second kappa shape index (κ2) is 3.93. The monoisotopic (exact) mass is 176 g/mol. The number of fused-ring (bicyclic) bond motifs is 1. The third kappa shape index (κ3) is 1.75. The van der Waals surface area contributed by atoms with Gasteiger partial charge >= 0.3 is 0 Å². The van der Waals surface area contributed by atoms with Gasteiger partial charge < -0.3 is 4.74 Å². The van der Waals surface area contributed by atoms with Crippen molar-refractivity contribution in [3.05, 3.63) is 35.4 Å². The quantitative estimate of drug-likeness (QED) is 0.687. The Kier molecular flexibility index (Phi) is 2.65. The van der Waals surface area contributed by atoms with Crippen molar-refractivity contribution in [1.82, 2.24) is 0 Å². The summed E-state index contributed by atoms with van der Waals surface area (Å²) < 4.78 is 5.78. The lowest BCUT2D eigenvalue weighted by atomic mass is 10.1. The molecule has 0 bridgehead atoms. The van der Waals surface area contributed by atoms with Crippen molar-refractivity contribution in [3.63, 3.8) is 0 Å². The first-order valence-electron chi connectivity index (χ1n) is 5.11. The lowest BCUT2D eigenvalue weighted by Gasteiger charge is -2.11. The summed E-state index contributed by atoms with van der Waals surface area (Å²) in [5.41, 5.74) is 2.89. The topological polar surface area (TPSA) is 9.23 Å². The van der Waals surface area contributed by atoms with Crippen LogP contribution in [0.4, 0.5) is 0 Å². The molecule has 13 heavy (non-hydrogen) atoms. The predicted molar refractivity (Wildman–Crippen MR) is 53.7 cm³/mol. The number of rotatable bonds is 3. The summed E-state index contributed by atoms with van der Waals surface area (Å²) in [6.07, 6.45) is 3.83. The van der Waals surface area contributed by atoms with Crippen molar-refractivity contribution in [2.45, 2.75) is 32.3 Å². The molecule has 0 saturated carbocycles. The van der Waals surface area contributed by atoms with Crippen LogP contribution >= 0.6 is 0 Å². The molecule has 0 saturated heterocycles. The molecule has 0 fully saturated rings. The van der Waals surface area contributed by atoms with Gasteiger partial charge in [0.15, 0.2) is 0 Å². The van der Waals surface area contributed by atoms with Gasteiger partial charge in [-0.2, -0.15) is 0 Å². The van der Waals surface area contributed by atoms with E-state index in [1.165, 1.54) is 24.0 Å². The molecule has 0 aliphatic heterocycles. The molecule has 1 heteroatoms. The Morgan fingerprint density at radius 1 is 1.38 bits per heavy atom. The van der Waals surface area contributed by atoms with Crippen LogP contribution in [-0.4, -0.2) is 6.61 Å². The van der Waals surface area contributed by atoms with E-state index < -0.39 is 0 Å². The van der Waals surface area contributed by atoms with E-state index in [2.05, 4.69) is 31.2 Å². The minimum Gasteiger partial charge on any atom is -0.374 e. The molecule has 1 unspecified atom stereocenters. The molecular weight excluding hydrogens is 160 g/mol. The molecule has 2 rings (SSSR count). The van der Waals surface area contributed by atoms with Gasteiger partial charge in [-0.15, -0.1) is 0 Å². The molecule has 0 amide bonds. The highest BCUT2D eigenvalue weighted by Gasteiger charge is 2.21. The van der Waals surface area contributed by atoms with E-state index in [9.17, 15) is 0 Å². The highest BCUT2D eigenvalue weighted by atomic mass is 16.5. The molecule has 0 N–H and O–H groups in total. The average molecular weight is 176 g/mol.